The minimum atomic E-state index is 0.0560. The summed E-state index contributed by atoms with van der Waals surface area (Å²) in [6.07, 6.45) is 0.789. The van der Waals surface area contributed by atoms with E-state index in [1.165, 1.54) is 0 Å². The molecule has 0 amide bonds. The van der Waals surface area contributed by atoms with E-state index in [-0.39, 0.29) is 11.3 Å². The molecule has 0 bridgehead atoms. The third kappa shape index (κ3) is 4.28. The lowest BCUT2D eigenvalue weighted by Gasteiger charge is -2.18. The van der Waals surface area contributed by atoms with Crippen molar-refractivity contribution >= 4 is 11.3 Å². The van der Waals surface area contributed by atoms with Gasteiger partial charge in [-0.1, -0.05) is 32.9 Å². The van der Waals surface area contributed by atoms with E-state index in [9.17, 15) is 0 Å². The number of nitrogens with zero attached hydrogens (tertiary/aromatic N) is 1. The first-order valence-electron chi connectivity index (χ1n) is 8.35. The van der Waals surface area contributed by atoms with Gasteiger partial charge < -0.3 is 15.2 Å². The Morgan fingerprint density at radius 3 is 2.58 bits per heavy atom. The second-order valence-corrected chi connectivity index (χ2v) is 7.73. The number of thiazole rings is 1. The Morgan fingerprint density at radius 2 is 2.04 bits per heavy atom. The molecule has 1 aromatic heterocycles. The van der Waals surface area contributed by atoms with Crippen LogP contribution >= 0.6 is 11.3 Å². The van der Waals surface area contributed by atoms with Gasteiger partial charge >= 0.3 is 0 Å². The van der Waals surface area contributed by atoms with Crippen molar-refractivity contribution in [1.82, 2.24) is 4.98 Å². The van der Waals surface area contributed by atoms with E-state index in [1.54, 1.807) is 18.4 Å². The molecule has 0 spiro atoms. The van der Waals surface area contributed by atoms with Crippen LogP contribution in [-0.2, 0) is 11.8 Å². The summed E-state index contributed by atoms with van der Waals surface area (Å²) in [7, 11) is 1.68. The topological polar surface area (TPSA) is 57.4 Å². The van der Waals surface area contributed by atoms with Crippen molar-refractivity contribution < 1.29 is 9.47 Å². The fraction of sp³-hybridized carbons (Fsp3) is 0.526. The maximum Gasteiger partial charge on any atom is 0.163 e. The standard InChI is InChI=1S/C19H28N2O2S/c1-6-23-15-9-7-8-13(17(15)22-5)10-14(11-20)18-21-16(12-24-18)19(2,3)4/h7-9,12,14H,6,10-11,20H2,1-5H3. The van der Waals surface area contributed by atoms with Crippen molar-refractivity contribution in [2.45, 2.75) is 45.4 Å². The maximum absolute atomic E-state index is 6.05. The van der Waals surface area contributed by atoms with Gasteiger partial charge in [0, 0.05) is 23.3 Å². The van der Waals surface area contributed by atoms with E-state index in [0.29, 0.717) is 13.2 Å². The van der Waals surface area contributed by atoms with Gasteiger partial charge in [-0.25, -0.2) is 4.98 Å². The monoisotopic (exact) mass is 348 g/mol. The van der Waals surface area contributed by atoms with E-state index in [2.05, 4.69) is 32.2 Å². The Hall–Kier alpha value is -1.59. The van der Waals surface area contributed by atoms with Crippen LogP contribution in [-0.4, -0.2) is 25.2 Å². The summed E-state index contributed by atoms with van der Waals surface area (Å²) in [5.74, 6) is 1.75. The van der Waals surface area contributed by atoms with Gasteiger partial charge in [0.25, 0.3) is 0 Å². The quantitative estimate of drug-likeness (QED) is 0.817. The lowest BCUT2D eigenvalue weighted by atomic mass is 9.93. The zero-order chi connectivity index (χ0) is 17.7. The van der Waals surface area contributed by atoms with Crippen LogP contribution in [0.5, 0.6) is 11.5 Å². The van der Waals surface area contributed by atoms with E-state index >= 15 is 0 Å². The number of rotatable bonds is 7. The Balaban J connectivity index is 2.27. The van der Waals surface area contributed by atoms with Crippen LogP contribution in [0.2, 0.25) is 0 Å². The number of ether oxygens (including phenoxy) is 2. The first kappa shape index (κ1) is 18.7. The number of methoxy groups -OCH3 is 1. The molecule has 0 aliphatic carbocycles. The molecule has 0 fully saturated rings. The fourth-order valence-electron chi connectivity index (χ4n) is 2.58. The molecule has 0 aliphatic rings. The summed E-state index contributed by atoms with van der Waals surface area (Å²) in [4.78, 5) is 4.83. The summed E-state index contributed by atoms with van der Waals surface area (Å²) in [5, 5.41) is 3.23. The van der Waals surface area contributed by atoms with Gasteiger partial charge in [-0.15, -0.1) is 11.3 Å². The molecule has 132 valence electrons. The smallest absolute Gasteiger partial charge is 0.163 e. The zero-order valence-corrected chi connectivity index (χ0v) is 16.1. The molecule has 1 aromatic carbocycles. The Bertz CT molecular complexity index is 662. The summed E-state index contributed by atoms with van der Waals surface area (Å²) in [6.45, 7) is 9.67. The van der Waals surface area contributed by atoms with Gasteiger partial charge in [-0.3, -0.25) is 0 Å². The van der Waals surface area contributed by atoms with Crippen molar-refractivity contribution in [3.63, 3.8) is 0 Å². The van der Waals surface area contributed by atoms with Crippen LogP contribution in [0.15, 0.2) is 23.6 Å². The van der Waals surface area contributed by atoms with Crippen molar-refractivity contribution in [2.24, 2.45) is 5.73 Å². The average molecular weight is 349 g/mol. The van der Waals surface area contributed by atoms with Gasteiger partial charge in [-0.05, 0) is 25.0 Å². The SMILES string of the molecule is CCOc1cccc(CC(CN)c2nc(C(C)(C)C)cs2)c1OC. The van der Waals surface area contributed by atoms with Gasteiger partial charge in [0.1, 0.15) is 0 Å². The molecule has 2 rings (SSSR count). The molecule has 5 heteroatoms. The first-order valence-corrected chi connectivity index (χ1v) is 9.23. The summed E-state index contributed by atoms with van der Waals surface area (Å²) < 4.78 is 11.3. The van der Waals surface area contributed by atoms with Crippen molar-refractivity contribution in [3.8, 4) is 11.5 Å². The van der Waals surface area contributed by atoms with Crippen LogP contribution in [0.3, 0.4) is 0 Å². The van der Waals surface area contributed by atoms with Crippen LogP contribution in [0.4, 0.5) is 0 Å². The second kappa shape index (κ2) is 7.99. The molecule has 1 atom stereocenters. The highest BCUT2D eigenvalue weighted by Gasteiger charge is 2.22. The van der Waals surface area contributed by atoms with Gasteiger partial charge in [-0.2, -0.15) is 0 Å². The number of nitrogens with two attached hydrogens (primary N) is 1. The number of para-hydroxylation sites is 1. The molecule has 2 N–H and O–H groups in total. The lowest BCUT2D eigenvalue weighted by molar-refractivity contribution is 0.309. The van der Waals surface area contributed by atoms with E-state index < -0.39 is 0 Å². The summed E-state index contributed by atoms with van der Waals surface area (Å²) >= 11 is 1.69. The molecule has 0 saturated carbocycles. The van der Waals surface area contributed by atoms with E-state index in [4.69, 9.17) is 20.2 Å². The van der Waals surface area contributed by atoms with Crippen molar-refractivity contribution in [3.05, 3.63) is 39.8 Å². The first-order chi connectivity index (χ1) is 11.4. The fourth-order valence-corrected chi connectivity index (χ4v) is 3.74. The number of benzene rings is 1. The molecule has 0 radical (unpaired) electrons. The highest BCUT2D eigenvalue weighted by Crippen LogP contribution is 2.35. The molecule has 4 nitrogen and oxygen atoms in total. The molecular formula is C19H28N2O2S. The minimum absolute atomic E-state index is 0.0560. The minimum Gasteiger partial charge on any atom is -0.493 e. The Kier molecular flexibility index (Phi) is 6.24. The van der Waals surface area contributed by atoms with Gasteiger partial charge in [0.15, 0.2) is 11.5 Å². The van der Waals surface area contributed by atoms with Crippen molar-refractivity contribution in [2.75, 3.05) is 20.3 Å². The van der Waals surface area contributed by atoms with Gasteiger partial charge in [0.2, 0.25) is 0 Å². The Labute approximate surface area is 149 Å². The molecular weight excluding hydrogens is 320 g/mol. The highest BCUT2D eigenvalue weighted by molar-refractivity contribution is 7.09. The predicted octanol–water partition coefficient (Wildman–Crippen LogP) is 4.13. The zero-order valence-electron chi connectivity index (χ0n) is 15.3. The Morgan fingerprint density at radius 1 is 1.29 bits per heavy atom. The second-order valence-electron chi connectivity index (χ2n) is 6.84. The molecule has 24 heavy (non-hydrogen) atoms. The van der Waals surface area contributed by atoms with Crippen molar-refractivity contribution in [1.29, 1.82) is 0 Å². The largest absolute Gasteiger partial charge is 0.493 e. The number of hydrogen-bond donors (Lipinski definition) is 1. The molecule has 0 saturated heterocycles. The predicted molar refractivity (Wildman–Crippen MR) is 100 cm³/mol. The van der Waals surface area contributed by atoms with E-state index in [0.717, 1.165) is 34.2 Å². The third-order valence-corrected chi connectivity index (χ3v) is 4.96. The maximum atomic E-state index is 6.05. The number of hydrogen-bond acceptors (Lipinski definition) is 5. The third-order valence-electron chi connectivity index (χ3n) is 3.95. The van der Waals surface area contributed by atoms with Crippen LogP contribution < -0.4 is 15.2 Å². The molecule has 1 unspecified atom stereocenters. The van der Waals surface area contributed by atoms with Crippen LogP contribution in [0.25, 0.3) is 0 Å². The molecule has 2 aromatic rings. The van der Waals surface area contributed by atoms with Crippen LogP contribution in [0.1, 0.15) is 49.9 Å². The normalized spacial score (nSPS) is 12.9. The molecule has 0 aliphatic heterocycles. The summed E-state index contributed by atoms with van der Waals surface area (Å²) in [5.41, 5.74) is 8.33. The molecule has 1 heterocycles. The number of aromatic nitrogens is 1. The van der Waals surface area contributed by atoms with E-state index in [1.807, 2.05) is 19.1 Å². The van der Waals surface area contributed by atoms with Gasteiger partial charge in [0.05, 0.1) is 24.4 Å². The summed E-state index contributed by atoms with van der Waals surface area (Å²) in [6, 6.07) is 6.01. The average Bonchev–Trinajstić information content (AvgIpc) is 3.03. The highest BCUT2D eigenvalue weighted by atomic mass is 32.1. The lowest BCUT2D eigenvalue weighted by Crippen LogP contribution is -2.17. The van der Waals surface area contributed by atoms with Crippen LogP contribution in [0, 0.1) is 0 Å².